The van der Waals surface area contributed by atoms with Gasteiger partial charge in [-0.3, -0.25) is 9.80 Å². The van der Waals surface area contributed by atoms with Gasteiger partial charge in [0.25, 0.3) is 0 Å². The number of alkyl halides is 3. The highest BCUT2D eigenvalue weighted by molar-refractivity contribution is 6.67. The van der Waals surface area contributed by atoms with Crippen molar-refractivity contribution in [3.63, 3.8) is 0 Å². The third-order valence-electron chi connectivity index (χ3n) is 4.48. The van der Waals surface area contributed by atoms with E-state index in [2.05, 4.69) is 46.2 Å². The molecule has 0 amide bonds. The number of nitrogens with zero attached hydrogens (tertiary/aromatic N) is 2. The van der Waals surface area contributed by atoms with Crippen LogP contribution in [0, 0.1) is 0 Å². The smallest absolute Gasteiger partial charge is 0.203 e. The molecule has 1 atom stereocenters. The van der Waals surface area contributed by atoms with E-state index in [1.54, 1.807) is 0 Å². The van der Waals surface area contributed by atoms with Gasteiger partial charge in [0.2, 0.25) is 3.79 Å². The van der Waals surface area contributed by atoms with Crippen molar-refractivity contribution in [1.29, 1.82) is 0 Å². The first-order chi connectivity index (χ1) is 11.9. The summed E-state index contributed by atoms with van der Waals surface area (Å²) in [6.07, 6.45) is 0. The van der Waals surface area contributed by atoms with Gasteiger partial charge in [-0.05, 0) is 23.3 Å². The molecule has 0 spiro atoms. The third kappa shape index (κ3) is 5.50. The van der Waals surface area contributed by atoms with Gasteiger partial charge in [0, 0.05) is 37.7 Å². The molecule has 1 unspecified atom stereocenters. The molecule has 0 bridgehead atoms. The van der Waals surface area contributed by atoms with Crippen LogP contribution in [-0.2, 0) is 0 Å². The molecular formula is C19H20Cl4N2. The molecular weight excluding hydrogens is 398 g/mol. The van der Waals surface area contributed by atoms with Crippen LogP contribution >= 0.6 is 46.4 Å². The van der Waals surface area contributed by atoms with Gasteiger partial charge < -0.3 is 0 Å². The highest BCUT2D eigenvalue weighted by atomic mass is 35.6. The van der Waals surface area contributed by atoms with Gasteiger partial charge in [0.05, 0.1) is 6.04 Å². The number of hydrogen-bond donors (Lipinski definition) is 0. The lowest BCUT2D eigenvalue weighted by molar-refractivity contribution is 0.111. The average Bonchev–Trinajstić information content (AvgIpc) is 2.58. The second kappa shape index (κ2) is 8.47. The predicted octanol–water partition coefficient (Wildman–Crippen LogP) is 5.42. The average molecular weight is 418 g/mol. The maximum atomic E-state index is 6.07. The summed E-state index contributed by atoms with van der Waals surface area (Å²) in [7, 11) is 0. The van der Waals surface area contributed by atoms with Crippen molar-refractivity contribution in [3.8, 4) is 0 Å². The molecule has 2 nitrogen and oxygen atoms in total. The molecule has 134 valence electrons. The Bertz CT molecular complexity index is 662. The second-order valence-electron chi connectivity index (χ2n) is 6.29. The molecule has 1 fully saturated rings. The predicted molar refractivity (Wildman–Crippen MR) is 108 cm³/mol. The number of hydrogen-bond acceptors (Lipinski definition) is 2. The van der Waals surface area contributed by atoms with Crippen LogP contribution in [0.5, 0.6) is 0 Å². The minimum atomic E-state index is -1.23. The highest BCUT2D eigenvalue weighted by Gasteiger charge is 2.30. The summed E-state index contributed by atoms with van der Waals surface area (Å²) < 4.78 is -1.23. The summed E-state index contributed by atoms with van der Waals surface area (Å²) >= 11 is 23.9. The summed E-state index contributed by atoms with van der Waals surface area (Å²) in [6.45, 7) is 4.06. The third-order valence-corrected chi connectivity index (χ3v) is 5.09. The normalized spacial score (nSPS) is 18.2. The van der Waals surface area contributed by atoms with Crippen LogP contribution in [0.1, 0.15) is 17.2 Å². The number of piperazine rings is 1. The molecule has 1 aliphatic rings. The second-order valence-corrected chi connectivity index (χ2v) is 9.24. The maximum absolute atomic E-state index is 6.07. The van der Waals surface area contributed by atoms with E-state index in [-0.39, 0.29) is 6.04 Å². The minimum absolute atomic E-state index is 0.202. The molecule has 0 aliphatic carbocycles. The largest absolute Gasteiger partial charge is 0.297 e. The van der Waals surface area contributed by atoms with Gasteiger partial charge >= 0.3 is 0 Å². The lowest BCUT2D eigenvalue weighted by Gasteiger charge is -2.40. The molecule has 0 N–H and O–H groups in total. The maximum Gasteiger partial charge on any atom is 0.203 e. The first-order valence-corrected chi connectivity index (χ1v) is 9.77. The van der Waals surface area contributed by atoms with Gasteiger partial charge in [-0.25, -0.2) is 0 Å². The Balaban J connectivity index is 1.78. The van der Waals surface area contributed by atoms with E-state index >= 15 is 0 Å². The van der Waals surface area contributed by atoms with Crippen LogP contribution < -0.4 is 0 Å². The van der Waals surface area contributed by atoms with Gasteiger partial charge in [0.15, 0.2) is 0 Å². The van der Waals surface area contributed by atoms with E-state index in [4.69, 9.17) is 46.4 Å². The Morgan fingerprint density at radius 1 is 0.800 bits per heavy atom. The number of halogens is 4. The van der Waals surface area contributed by atoms with Crippen LogP contribution in [0.2, 0.25) is 5.02 Å². The van der Waals surface area contributed by atoms with Gasteiger partial charge in [-0.1, -0.05) is 88.9 Å². The SMILES string of the molecule is Clc1ccc(C(c2ccccc2)N2CCN(CC(Cl)(Cl)Cl)CC2)cc1. The Morgan fingerprint density at radius 2 is 1.36 bits per heavy atom. The van der Waals surface area contributed by atoms with Crippen LogP contribution in [-0.4, -0.2) is 46.3 Å². The Hall–Kier alpha value is -0.480. The molecule has 3 rings (SSSR count). The fraction of sp³-hybridized carbons (Fsp3) is 0.368. The first kappa shape index (κ1) is 19.3. The summed E-state index contributed by atoms with van der Waals surface area (Å²) in [4.78, 5) is 4.68. The van der Waals surface area contributed by atoms with E-state index in [9.17, 15) is 0 Å². The Labute approximate surface area is 169 Å². The Morgan fingerprint density at radius 3 is 1.92 bits per heavy atom. The van der Waals surface area contributed by atoms with Crippen molar-refractivity contribution in [2.24, 2.45) is 0 Å². The van der Waals surface area contributed by atoms with Crippen molar-refractivity contribution >= 4 is 46.4 Å². The molecule has 2 aromatic rings. The molecule has 0 saturated carbocycles. The Kier molecular flexibility index (Phi) is 6.54. The summed E-state index contributed by atoms with van der Waals surface area (Å²) in [6, 6.07) is 18.9. The number of benzene rings is 2. The van der Waals surface area contributed by atoms with Crippen molar-refractivity contribution < 1.29 is 0 Å². The highest BCUT2D eigenvalue weighted by Crippen LogP contribution is 2.32. The van der Waals surface area contributed by atoms with Crippen molar-refractivity contribution in [1.82, 2.24) is 9.80 Å². The first-order valence-electron chi connectivity index (χ1n) is 8.26. The van der Waals surface area contributed by atoms with E-state index < -0.39 is 3.79 Å². The molecule has 0 radical (unpaired) electrons. The zero-order chi connectivity index (χ0) is 17.9. The van der Waals surface area contributed by atoms with Crippen molar-refractivity contribution in [2.75, 3.05) is 32.7 Å². The zero-order valence-electron chi connectivity index (χ0n) is 13.7. The molecule has 1 heterocycles. The molecule has 1 aliphatic heterocycles. The van der Waals surface area contributed by atoms with Crippen molar-refractivity contribution in [3.05, 3.63) is 70.7 Å². The lowest BCUT2D eigenvalue weighted by atomic mass is 9.96. The van der Waals surface area contributed by atoms with Gasteiger partial charge in [0.1, 0.15) is 0 Å². The quantitative estimate of drug-likeness (QED) is 0.613. The molecule has 0 aromatic heterocycles. The topological polar surface area (TPSA) is 6.48 Å². The lowest BCUT2D eigenvalue weighted by Crippen LogP contribution is -2.49. The van der Waals surface area contributed by atoms with Crippen LogP contribution in [0.25, 0.3) is 0 Å². The molecule has 1 saturated heterocycles. The van der Waals surface area contributed by atoms with E-state index in [1.807, 2.05) is 18.2 Å². The van der Waals surface area contributed by atoms with E-state index in [0.29, 0.717) is 6.54 Å². The van der Waals surface area contributed by atoms with Crippen molar-refractivity contribution in [2.45, 2.75) is 9.83 Å². The summed E-state index contributed by atoms with van der Waals surface area (Å²) in [5, 5.41) is 0.753. The van der Waals surface area contributed by atoms with Crippen LogP contribution in [0.15, 0.2) is 54.6 Å². The standard InChI is InChI=1S/C19H20Cl4N2/c20-17-8-6-16(7-9-17)18(15-4-2-1-3-5-15)25-12-10-24(11-13-25)14-19(21,22)23/h1-9,18H,10-14H2. The van der Waals surface area contributed by atoms with Crippen LogP contribution in [0.4, 0.5) is 0 Å². The van der Waals surface area contributed by atoms with E-state index in [1.165, 1.54) is 11.1 Å². The molecule has 6 heteroatoms. The minimum Gasteiger partial charge on any atom is -0.297 e. The van der Waals surface area contributed by atoms with Crippen LogP contribution in [0.3, 0.4) is 0 Å². The fourth-order valence-corrected chi connectivity index (χ4v) is 3.96. The number of rotatable bonds is 4. The van der Waals surface area contributed by atoms with Gasteiger partial charge in [-0.15, -0.1) is 0 Å². The molecule has 2 aromatic carbocycles. The van der Waals surface area contributed by atoms with E-state index in [0.717, 1.165) is 31.2 Å². The fourth-order valence-electron chi connectivity index (χ4n) is 3.33. The monoisotopic (exact) mass is 416 g/mol. The zero-order valence-corrected chi connectivity index (χ0v) is 16.7. The van der Waals surface area contributed by atoms with Gasteiger partial charge in [-0.2, -0.15) is 0 Å². The molecule has 25 heavy (non-hydrogen) atoms. The summed E-state index contributed by atoms with van der Waals surface area (Å²) in [5.74, 6) is 0. The summed E-state index contributed by atoms with van der Waals surface area (Å²) in [5.41, 5.74) is 2.52.